The van der Waals surface area contributed by atoms with E-state index in [1.165, 1.54) is 0 Å². The number of carboxylic acid groups (broad SMARTS) is 1. The quantitative estimate of drug-likeness (QED) is 0.542. The van der Waals surface area contributed by atoms with Crippen molar-refractivity contribution in [1.29, 1.82) is 0 Å². The average Bonchev–Trinajstić information content (AvgIpc) is 2.81. The fourth-order valence-corrected chi connectivity index (χ4v) is 4.38. The molecule has 1 saturated heterocycles. The third-order valence-corrected chi connectivity index (χ3v) is 6.05. The second-order valence-corrected chi connectivity index (χ2v) is 8.55. The summed E-state index contributed by atoms with van der Waals surface area (Å²) < 4.78 is 6.08. The Morgan fingerprint density at radius 2 is 1.69 bits per heavy atom. The van der Waals surface area contributed by atoms with Gasteiger partial charge in [-0.1, -0.05) is 42.5 Å². The Kier molecular flexibility index (Phi) is 6.76. The summed E-state index contributed by atoms with van der Waals surface area (Å²) in [6, 6.07) is 26.4. The zero-order valence-corrected chi connectivity index (χ0v) is 18.6. The molecule has 166 valence electrons. The molecule has 0 spiro atoms. The molecular formula is C27H30N2O3. The number of anilines is 1. The van der Waals surface area contributed by atoms with Gasteiger partial charge in [0.15, 0.2) is 0 Å². The van der Waals surface area contributed by atoms with Crippen LogP contribution in [-0.4, -0.2) is 43.2 Å². The molecule has 0 amide bonds. The van der Waals surface area contributed by atoms with Crippen molar-refractivity contribution in [2.45, 2.75) is 18.9 Å². The minimum Gasteiger partial charge on any atom is -0.481 e. The lowest BCUT2D eigenvalue weighted by Gasteiger charge is -2.37. The first-order chi connectivity index (χ1) is 15.5. The molecule has 32 heavy (non-hydrogen) atoms. The second kappa shape index (κ2) is 9.88. The molecule has 1 fully saturated rings. The Balaban J connectivity index is 1.69. The number of benzene rings is 3. The van der Waals surface area contributed by atoms with E-state index in [4.69, 9.17) is 4.74 Å². The molecule has 5 heteroatoms. The third-order valence-electron chi connectivity index (χ3n) is 6.05. The van der Waals surface area contributed by atoms with Gasteiger partial charge in [0.05, 0.1) is 12.0 Å². The van der Waals surface area contributed by atoms with Gasteiger partial charge in [-0.15, -0.1) is 0 Å². The molecule has 0 bridgehead atoms. The van der Waals surface area contributed by atoms with Gasteiger partial charge in [0.25, 0.3) is 0 Å². The molecule has 1 aliphatic rings. The number of hydrogen-bond donors (Lipinski definition) is 1. The zero-order valence-electron chi connectivity index (χ0n) is 18.6. The molecule has 3 aromatic rings. The van der Waals surface area contributed by atoms with Crippen molar-refractivity contribution in [2.24, 2.45) is 5.92 Å². The van der Waals surface area contributed by atoms with Gasteiger partial charge in [0, 0.05) is 26.3 Å². The molecule has 5 nitrogen and oxygen atoms in total. The highest BCUT2D eigenvalue weighted by atomic mass is 16.5. The maximum Gasteiger partial charge on any atom is 0.307 e. The SMILES string of the molecule is CN(C)c1ccc(C(c2cccc(Oc3ccccc3)c2)N2CCCC(C(=O)O)C2)cc1. The highest BCUT2D eigenvalue weighted by molar-refractivity contribution is 5.70. The summed E-state index contributed by atoms with van der Waals surface area (Å²) in [6.45, 7) is 1.41. The molecule has 0 saturated carbocycles. The molecule has 0 radical (unpaired) electrons. The molecule has 2 unspecified atom stereocenters. The average molecular weight is 431 g/mol. The number of likely N-dealkylation sites (tertiary alicyclic amines) is 1. The number of rotatable bonds is 7. The van der Waals surface area contributed by atoms with E-state index in [0.717, 1.165) is 47.7 Å². The van der Waals surface area contributed by atoms with E-state index >= 15 is 0 Å². The Morgan fingerprint density at radius 3 is 2.38 bits per heavy atom. The van der Waals surface area contributed by atoms with Crippen LogP contribution < -0.4 is 9.64 Å². The fourth-order valence-electron chi connectivity index (χ4n) is 4.38. The van der Waals surface area contributed by atoms with Gasteiger partial charge in [-0.05, 0) is 66.9 Å². The van der Waals surface area contributed by atoms with Crippen LogP contribution >= 0.6 is 0 Å². The number of carboxylic acids is 1. The van der Waals surface area contributed by atoms with Crippen molar-refractivity contribution in [2.75, 3.05) is 32.1 Å². The first-order valence-corrected chi connectivity index (χ1v) is 11.1. The van der Waals surface area contributed by atoms with Crippen LogP contribution in [0.1, 0.15) is 30.0 Å². The molecule has 1 N–H and O–H groups in total. The Bertz CT molecular complexity index is 1030. The minimum atomic E-state index is -0.711. The lowest BCUT2D eigenvalue weighted by atomic mass is 9.91. The number of para-hydroxylation sites is 1. The molecule has 1 aliphatic heterocycles. The maximum atomic E-state index is 11.7. The van der Waals surface area contributed by atoms with Crippen LogP contribution in [0.25, 0.3) is 0 Å². The van der Waals surface area contributed by atoms with Crippen LogP contribution in [-0.2, 0) is 4.79 Å². The largest absolute Gasteiger partial charge is 0.481 e. The van der Waals surface area contributed by atoms with Crippen LogP contribution in [0.4, 0.5) is 5.69 Å². The lowest BCUT2D eigenvalue weighted by molar-refractivity contribution is -0.143. The van der Waals surface area contributed by atoms with Gasteiger partial charge in [-0.3, -0.25) is 9.69 Å². The van der Waals surface area contributed by atoms with Gasteiger partial charge in [-0.25, -0.2) is 0 Å². The molecule has 4 rings (SSSR count). The Labute approximate surface area is 189 Å². The van der Waals surface area contributed by atoms with Crippen molar-refractivity contribution in [3.8, 4) is 11.5 Å². The summed E-state index contributed by atoms with van der Waals surface area (Å²) in [5.41, 5.74) is 3.39. The van der Waals surface area contributed by atoms with E-state index in [0.29, 0.717) is 6.54 Å². The molecule has 0 aromatic heterocycles. The normalized spacial score (nSPS) is 17.5. The van der Waals surface area contributed by atoms with E-state index < -0.39 is 5.97 Å². The highest BCUT2D eigenvalue weighted by Crippen LogP contribution is 2.35. The van der Waals surface area contributed by atoms with Crippen molar-refractivity contribution in [3.05, 3.63) is 90.0 Å². The number of hydrogen-bond acceptors (Lipinski definition) is 4. The van der Waals surface area contributed by atoms with Crippen LogP contribution in [0.5, 0.6) is 11.5 Å². The second-order valence-electron chi connectivity index (χ2n) is 8.55. The van der Waals surface area contributed by atoms with Gasteiger partial charge >= 0.3 is 5.97 Å². The predicted octanol–water partition coefficient (Wildman–Crippen LogP) is 5.43. The molecule has 3 aromatic carbocycles. The molecule has 2 atom stereocenters. The van der Waals surface area contributed by atoms with Gasteiger partial charge < -0.3 is 14.7 Å². The van der Waals surface area contributed by atoms with Crippen molar-refractivity contribution < 1.29 is 14.6 Å². The van der Waals surface area contributed by atoms with Crippen LogP contribution in [0.2, 0.25) is 0 Å². The summed E-state index contributed by atoms with van der Waals surface area (Å²) in [5.74, 6) is 0.518. The smallest absolute Gasteiger partial charge is 0.307 e. The third kappa shape index (κ3) is 5.11. The number of piperidine rings is 1. The summed E-state index contributed by atoms with van der Waals surface area (Å²) in [7, 11) is 4.05. The molecule has 1 heterocycles. The van der Waals surface area contributed by atoms with E-state index in [2.05, 4.69) is 46.2 Å². The Hall–Kier alpha value is -3.31. The summed E-state index contributed by atoms with van der Waals surface area (Å²) in [5, 5.41) is 9.63. The number of ether oxygens (including phenoxy) is 1. The molecular weight excluding hydrogens is 400 g/mol. The summed E-state index contributed by atoms with van der Waals surface area (Å²) >= 11 is 0. The summed E-state index contributed by atoms with van der Waals surface area (Å²) in [6.07, 6.45) is 1.61. The maximum absolute atomic E-state index is 11.7. The van der Waals surface area contributed by atoms with Crippen molar-refractivity contribution >= 4 is 11.7 Å². The monoisotopic (exact) mass is 430 g/mol. The summed E-state index contributed by atoms with van der Waals surface area (Å²) in [4.78, 5) is 16.1. The van der Waals surface area contributed by atoms with Gasteiger partial charge in [0.1, 0.15) is 11.5 Å². The standard InChI is InChI=1S/C27H30N2O3/c1-28(2)23-15-13-20(14-16-23)26(29-17-7-9-22(19-29)27(30)31)21-8-6-12-25(18-21)32-24-10-4-3-5-11-24/h3-6,8,10-16,18,22,26H,7,9,17,19H2,1-2H3,(H,30,31). The highest BCUT2D eigenvalue weighted by Gasteiger charge is 2.31. The zero-order chi connectivity index (χ0) is 22.5. The molecule has 0 aliphatic carbocycles. The van der Waals surface area contributed by atoms with Gasteiger partial charge in [-0.2, -0.15) is 0 Å². The predicted molar refractivity (Wildman–Crippen MR) is 128 cm³/mol. The minimum absolute atomic E-state index is 0.0346. The van der Waals surface area contributed by atoms with E-state index in [9.17, 15) is 9.90 Å². The fraction of sp³-hybridized carbons (Fsp3) is 0.296. The first kappa shape index (κ1) is 21.9. The number of carbonyl (C=O) groups is 1. The van der Waals surface area contributed by atoms with E-state index in [-0.39, 0.29) is 12.0 Å². The van der Waals surface area contributed by atoms with Gasteiger partial charge in [0.2, 0.25) is 0 Å². The van der Waals surface area contributed by atoms with E-state index in [1.54, 1.807) is 0 Å². The van der Waals surface area contributed by atoms with Crippen molar-refractivity contribution in [3.63, 3.8) is 0 Å². The first-order valence-electron chi connectivity index (χ1n) is 11.1. The van der Waals surface area contributed by atoms with E-state index in [1.807, 2.05) is 56.6 Å². The Morgan fingerprint density at radius 1 is 0.969 bits per heavy atom. The lowest BCUT2D eigenvalue weighted by Crippen LogP contribution is -2.41. The van der Waals surface area contributed by atoms with Crippen LogP contribution in [0.15, 0.2) is 78.9 Å². The van der Waals surface area contributed by atoms with Crippen molar-refractivity contribution in [1.82, 2.24) is 4.90 Å². The van der Waals surface area contributed by atoms with Crippen LogP contribution in [0.3, 0.4) is 0 Å². The topological polar surface area (TPSA) is 53.0 Å². The van der Waals surface area contributed by atoms with Crippen LogP contribution in [0, 0.1) is 5.92 Å². The number of aliphatic carboxylic acids is 1. The number of nitrogens with zero attached hydrogens (tertiary/aromatic N) is 2.